The highest BCUT2D eigenvalue weighted by Gasteiger charge is 2.44. The monoisotopic (exact) mass is 288 g/mol. The van der Waals surface area contributed by atoms with Crippen LogP contribution in [0.3, 0.4) is 0 Å². The van der Waals surface area contributed by atoms with E-state index in [9.17, 15) is 23.5 Å². The number of carboxylic acid groups (broad SMARTS) is 1. The second kappa shape index (κ2) is 5.58. The molecule has 1 aromatic rings. The van der Waals surface area contributed by atoms with Crippen LogP contribution in [0.1, 0.15) is 16.9 Å². The lowest BCUT2D eigenvalue weighted by molar-refractivity contribution is -0.144. The summed E-state index contributed by atoms with van der Waals surface area (Å²) in [5.41, 5.74) is -1.49. The Morgan fingerprint density at radius 2 is 2.30 bits per heavy atom. The molecule has 20 heavy (non-hydrogen) atoms. The topological polar surface area (TPSA) is 80.6 Å². The van der Waals surface area contributed by atoms with Gasteiger partial charge in [-0.3, -0.25) is 4.79 Å². The van der Waals surface area contributed by atoms with Gasteiger partial charge in [0.2, 0.25) is 0 Å². The summed E-state index contributed by atoms with van der Waals surface area (Å²) < 4.78 is 30.9. The molecule has 0 saturated carbocycles. The van der Waals surface area contributed by atoms with E-state index in [1.165, 1.54) is 18.3 Å². The Bertz CT molecular complexity index is 509. The molecule has 110 valence electrons. The highest BCUT2D eigenvalue weighted by atomic mass is 19.3. The molecule has 0 spiro atoms. The number of hydrogen-bond donors (Lipinski definition) is 2. The first-order valence-electron chi connectivity index (χ1n) is 6.01. The predicted molar refractivity (Wildman–Crippen MR) is 63.7 cm³/mol. The van der Waals surface area contributed by atoms with Gasteiger partial charge in [-0.1, -0.05) is 0 Å². The molecule has 1 amide bonds. The molecule has 0 aromatic carbocycles. The lowest BCUT2D eigenvalue weighted by Gasteiger charge is -2.24. The maximum absolute atomic E-state index is 12.4. The Balaban J connectivity index is 2.15. The van der Waals surface area contributed by atoms with Gasteiger partial charge < -0.3 is 19.7 Å². The number of amides is 1. The Morgan fingerprint density at radius 1 is 1.55 bits per heavy atom. The Hall–Kier alpha value is -1.96. The number of carboxylic acids is 1. The molecule has 8 heteroatoms. The van der Waals surface area contributed by atoms with Crippen LogP contribution in [-0.4, -0.2) is 46.7 Å². The number of aliphatic carboxylic acids is 1. The van der Waals surface area contributed by atoms with Crippen LogP contribution in [0.4, 0.5) is 8.78 Å². The third kappa shape index (κ3) is 2.79. The summed E-state index contributed by atoms with van der Waals surface area (Å²) in [6, 6.07) is 2.82. The largest absolute Gasteiger partial charge is 0.479 e. The van der Waals surface area contributed by atoms with Gasteiger partial charge in [-0.2, -0.15) is 0 Å². The molecule has 0 aliphatic carbocycles. The van der Waals surface area contributed by atoms with E-state index in [-0.39, 0.29) is 25.3 Å². The van der Waals surface area contributed by atoms with Gasteiger partial charge in [0.15, 0.2) is 5.54 Å². The van der Waals surface area contributed by atoms with Crippen LogP contribution in [0.5, 0.6) is 0 Å². The zero-order valence-electron chi connectivity index (χ0n) is 10.5. The first kappa shape index (κ1) is 14.4. The van der Waals surface area contributed by atoms with Crippen LogP contribution in [0.25, 0.3) is 0 Å². The third-order valence-corrected chi connectivity index (χ3v) is 3.18. The lowest BCUT2D eigenvalue weighted by atomic mass is 9.99. The minimum absolute atomic E-state index is 0.00201. The minimum atomic E-state index is -2.60. The molecule has 0 bridgehead atoms. The molecular weight excluding hydrogens is 274 g/mol. The van der Waals surface area contributed by atoms with Crippen LogP contribution >= 0.6 is 0 Å². The van der Waals surface area contributed by atoms with E-state index in [4.69, 9.17) is 4.74 Å². The number of hydrogen-bond acceptors (Lipinski definition) is 3. The fraction of sp³-hybridized carbons (Fsp3) is 0.500. The highest BCUT2D eigenvalue weighted by molar-refractivity contribution is 5.97. The zero-order valence-corrected chi connectivity index (χ0v) is 10.5. The predicted octanol–water partition coefficient (Wildman–Crippen LogP) is 0.727. The quantitative estimate of drug-likeness (QED) is 0.837. The van der Waals surface area contributed by atoms with E-state index in [0.29, 0.717) is 0 Å². The molecule has 2 N–H and O–H groups in total. The molecule has 1 unspecified atom stereocenters. The summed E-state index contributed by atoms with van der Waals surface area (Å²) in [5, 5.41) is 11.6. The van der Waals surface area contributed by atoms with Crippen molar-refractivity contribution in [3.05, 3.63) is 24.0 Å². The van der Waals surface area contributed by atoms with E-state index >= 15 is 0 Å². The van der Waals surface area contributed by atoms with E-state index < -0.39 is 30.4 Å². The zero-order chi connectivity index (χ0) is 14.8. The standard InChI is InChI=1S/C12H14F2N2O4/c13-9(14)6-16-4-1-2-8(16)10(17)15-12(11(18)19)3-5-20-7-12/h1-2,4,9H,3,5-7H2,(H,15,17)(H,18,19). The van der Waals surface area contributed by atoms with Crippen molar-refractivity contribution < 1.29 is 28.2 Å². The van der Waals surface area contributed by atoms with Crippen molar-refractivity contribution in [2.24, 2.45) is 0 Å². The van der Waals surface area contributed by atoms with Crippen LogP contribution in [-0.2, 0) is 16.1 Å². The molecule has 1 aromatic heterocycles. The molecule has 1 fully saturated rings. The number of carbonyl (C=O) groups is 2. The van der Waals surface area contributed by atoms with Crippen molar-refractivity contribution in [2.45, 2.75) is 24.9 Å². The van der Waals surface area contributed by atoms with Gasteiger partial charge in [0.1, 0.15) is 5.69 Å². The van der Waals surface area contributed by atoms with Gasteiger partial charge in [-0.15, -0.1) is 0 Å². The lowest BCUT2D eigenvalue weighted by Crippen LogP contribution is -2.55. The fourth-order valence-corrected chi connectivity index (χ4v) is 2.10. The smallest absolute Gasteiger partial charge is 0.331 e. The molecule has 2 heterocycles. The van der Waals surface area contributed by atoms with Crippen molar-refractivity contribution in [3.63, 3.8) is 0 Å². The second-order valence-corrected chi connectivity index (χ2v) is 4.58. The molecule has 0 radical (unpaired) electrons. The van der Waals surface area contributed by atoms with Crippen molar-refractivity contribution in [2.75, 3.05) is 13.2 Å². The second-order valence-electron chi connectivity index (χ2n) is 4.58. The van der Waals surface area contributed by atoms with Gasteiger partial charge in [0.25, 0.3) is 12.3 Å². The normalized spacial score (nSPS) is 22.1. The van der Waals surface area contributed by atoms with Crippen LogP contribution in [0, 0.1) is 0 Å². The number of aromatic nitrogens is 1. The van der Waals surface area contributed by atoms with Crippen molar-refractivity contribution in [3.8, 4) is 0 Å². The Labute approximate surface area is 113 Å². The maximum Gasteiger partial charge on any atom is 0.331 e. The van der Waals surface area contributed by atoms with Gasteiger partial charge in [-0.25, -0.2) is 13.6 Å². The molecule has 2 rings (SSSR count). The summed E-state index contributed by atoms with van der Waals surface area (Å²) in [4.78, 5) is 23.3. The Kier molecular flexibility index (Phi) is 4.03. The van der Waals surface area contributed by atoms with Gasteiger partial charge in [0.05, 0.1) is 13.2 Å². The van der Waals surface area contributed by atoms with Crippen LogP contribution in [0.2, 0.25) is 0 Å². The van der Waals surface area contributed by atoms with Crippen molar-refractivity contribution in [1.29, 1.82) is 0 Å². The van der Waals surface area contributed by atoms with E-state index in [2.05, 4.69) is 5.32 Å². The average Bonchev–Trinajstić information content (AvgIpc) is 2.98. The van der Waals surface area contributed by atoms with Crippen molar-refractivity contribution in [1.82, 2.24) is 9.88 Å². The number of rotatable bonds is 5. The summed E-state index contributed by atoms with van der Waals surface area (Å²) in [7, 11) is 0. The minimum Gasteiger partial charge on any atom is -0.479 e. The summed E-state index contributed by atoms with van der Waals surface area (Å²) in [6.45, 7) is -0.527. The molecule has 1 atom stereocenters. The molecular formula is C12H14F2N2O4. The van der Waals surface area contributed by atoms with Gasteiger partial charge in [-0.05, 0) is 12.1 Å². The highest BCUT2D eigenvalue weighted by Crippen LogP contribution is 2.20. The number of carbonyl (C=O) groups excluding carboxylic acids is 1. The van der Waals surface area contributed by atoms with E-state index in [1.807, 2.05) is 0 Å². The number of nitrogens with zero attached hydrogens (tertiary/aromatic N) is 1. The molecule has 1 aliphatic rings. The van der Waals surface area contributed by atoms with Gasteiger partial charge in [0, 0.05) is 19.2 Å². The van der Waals surface area contributed by atoms with Crippen LogP contribution in [0.15, 0.2) is 18.3 Å². The van der Waals surface area contributed by atoms with E-state index in [0.717, 1.165) is 4.57 Å². The molecule has 1 saturated heterocycles. The fourth-order valence-electron chi connectivity index (χ4n) is 2.10. The Morgan fingerprint density at radius 3 is 2.85 bits per heavy atom. The van der Waals surface area contributed by atoms with E-state index in [1.54, 1.807) is 0 Å². The number of nitrogens with one attached hydrogen (secondary N) is 1. The summed E-state index contributed by atoms with van der Waals surface area (Å²) in [5.74, 6) is -1.90. The first-order chi connectivity index (χ1) is 9.44. The number of ether oxygens (including phenoxy) is 1. The summed E-state index contributed by atoms with van der Waals surface area (Å²) >= 11 is 0. The third-order valence-electron chi connectivity index (χ3n) is 3.18. The number of halogens is 2. The first-order valence-corrected chi connectivity index (χ1v) is 6.01. The SMILES string of the molecule is O=C(NC1(C(=O)O)CCOC1)c1cccn1CC(F)F. The molecule has 1 aliphatic heterocycles. The summed E-state index contributed by atoms with van der Waals surface area (Å²) in [6.07, 6.45) is -1.11. The van der Waals surface area contributed by atoms with Crippen LogP contribution < -0.4 is 5.32 Å². The van der Waals surface area contributed by atoms with Gasteiger partial charge >= 0.3 is 5.97 Å². The maximum atomic E-state index is 12.4. The number of alkyl halides is 2. The van der Waals surface area contributed by atoms with Crippen molar-refractivity contribution >= 4 is 11.9 Å². The average molecular weight is 288 g/mol. The molecule has 6 nitrogen and oxygen atoms in total.